The third-order valence-corrected chi connectivity index (χ3v) is 14.3. The van der Waals surface area contributed by atoms with Gasteiger partial charge in [0.05, 0.1) is 16.8 Å². The maximum atomic E-state index is 2.52. The van der Waals surface area contributed by atoms with Gasteiger partial charge in [0.25, 0.3) is 0 Å². The van der Waals surface area contributed by atoms with Crippen molar-refractivity contribution in [2.75, 3.05) is 4.90 Å². The van der Waals surface area contributed by atoms with Gasteiger partial charge in [0.15, 0.2) is 0 Å². The summed E-state index contributed by atoms with van der Waals surface area (Å²) in [4.78, 5) is 2.52. The van der Waals surface area contributed by atoms with Gasteiger partial charge in [-0.15, -0.1) is 0 Å². The Labute approximate surface area is 397 Å². The van der Waals surface area contributed by atoms with Gasteiger partial charge in [-0.3, -0.25) is 0 Å². The Kier molecular flexibility index (Phi) is 9.47. The Morgan fingerprint density at radius 3 is 1.54 bits per heavy atom. The molecular weight excluding hydrogens is 819 g/mol. The molecule has 0 bridgehead atoms. The molecule has 0 amide bonds. The van der Waals surface area contributed by atoms with Crippen LogP contribution in [0, 0.1) is 0 Å². The van der Waals surface area contributed by atoms with Crippen molar-refractivity contribution in [3.63, 3.8) is 0 Å². The number of fused-ring (bicyclic) bond motifs is 7. The average Bonchev–Trinajstić information content (AvgIpc) is 3.73. The molecule has 0 aliphatic heterocycles. The van der Waals surface area contributed by atoms with Gasteiger partial charge in [-0.1, -0.05) is 237 Å². The summed E-state index contributed by atoms with van der Waals surface area (Å²) >= 11 is 0. The maximum Gasteiger partial charge on any atom is 0.0714 e. The monoisotopic (exact) mass is 863 g/mol. The maximum absolute atomic E-state index is 2.52. The lowest BCUT2D eigenvalue weighted by Gasteiger charge is -2.34. The molecular formula is C67H45N. The lowest BCUT2D eigenvalue weighted by atomic mass is 9.68. The zero-order valence-electron chi connectivity index (χ0n) is 37.4. The van der Waals surface area contributed by atoms with Crippen molar-refractivity contribution in [2.24, 2.45) is 0 Å². The lowest BCUT2D eigenvalue weighted by Crippen LogP contribution is -2.28. The Hall–Kier alpha value is -8.78. The molecule has 0 radical (unpaired) electrons. The highest BCUT2D eigenvalue weighted by atomic mass is 15.1. The first-order valence-corrected chi connectivity index (χ1v) is 23.6. The number of nitrogens with zero attached hydrogens (tertiary/aromatic N) is 1. The normalized spacial score (nSPS) is 12.5. The van der Waals surface area contributed by atoms with E-state index in [-0.39, 0.29) is 0 Å². The van der Waals surface area contributed by atoms with Gasteiger partial charge in [0, 0.05) is 16.8 Å². The molecule has 1 aliphatic rings. The van der Waals surface area contributed by atoms with E-state index in [1.807, 2.05) is 0 Å². The fourth-order valence-electron chi connectivity index (χ4n) is 11.4. The Balaban J connectivity index is 1.06. The van der Waals surface area contributed by atoms with E-state index in [9.17, 15) is 0 Å². The molecule has 0 aromatic heterocycles. The van der Waals surface area contributed by atoms with Crippen LogP contribution >= 0.6 is 0 Å². The lowest BCUT2D eigenvalue weighted by molar-refractivity contribution is 0.768. The van der Waals surface area contributed by atoms with Crippen molar-refractivity contribution < 1.29 is 0 Å². The summed E-state index contributed by atoms with van der Waals surface area (Å²) in [5.41, 5.74) is 17.5. The molecule has 0 fully saturated rings. The number of rotatable bonds is 8. The van der Waals surface area contributed by atoms with Crippen molar-refractivity contribution in [3.8, 4) is 44.5 Å². The molecule has 0 heterocycles. The van der Waals surface area contributed by atoms with E-state index in [4.69, 9.17) is 0 Å². The zero-order chi connectivity index (χ0) is 45.0. The number of benzene rings is 12. The first-order chi connectivity index (χ1) is 33.8. The molecule has 318 valence electrons. The Bertz CT molecular complexity index is 3800. The molecule has 0 saturated heterocycles. The minimum atomic E-state index is -0.538. The molecule has 12 aromatic carbocycles. The number of anilines is 3. The number of para-hydroxylation sites is 1. The molecule has 0 spiro atoms. The van der Waals surface area contributed by atoms with Gasteiger partial charge in [0.2, 0.25) is 0 Å². The molecule has 1 aliphatic carbocycles. The highest BCUT2D eigenvalue weighted by molar-refractivity contribution is 6.14. The van der Waals surface area contributed by atoms with Gasteiger partial charge in [-0.05, 0) is 124 Å². The summed E-state index contributed by atoms with van der Waals surface area (Å²) in [5.74, 6) is 0. The Morgan fingerprint density at radius 1 is 0.265 bits per heavy atom. The van der Waals surface area contributed by atoms with Crippen molar-refractivity contribution in [1.82, 2.24) is 0 Å². The summed E-state index contributed by atoms with van der Waals surface area (Å²) in [7, 11) is 0. The second kappa shape index (κ2) is 16.3. The molecule has 1 nitrogen and oxygen atoms in total. The largest absolute Gasteiger partial charge is 0.309 e. The predicted molar refractivity (Wildman–Crippen MR) is 287 cm³/mol. The quantitative estimate of drug-likeness (QED) is 0.138. The second-order valence-corrected chi connectivity index (χ2v) is 17.9. The van der Waals surface area contributed by atoms with Gasteiger partial charge < -0.3 is 4.90 Å². The van der Waals surface area contributed by atoms with E-state index in [0.29, 0.717) is 0 Å². The smallest absolute Gasteiger partial charge is 0.0714 e. The Morgan fingerprint density at radius 2 is 0.779 bits per heavy atom. The van der Waals surface area contributed by atoms with Crippen LogP contribution in [0.3, 0.4) is 0 Å². The van der Waals surface area contributed by atoms with Crippen LogP contribution in [-0.4, -0.2) is 0 Å². The summed E-state index contributed by atoms with van der Waals surface area (Å²) in [6.45, 7) is 0. The van der Waals surface area contributed by atoms with Crippen LogP contribution in [0.5, 0.6) is 0 Å². The first-order valence-electron chi connectivity index (χ1n) is 23.6. The van der Waals surface area contributed by atoms with Gasteiger partial charge in [-0.25, -0.2) is 0 Å². The average molecular weight is 864 g/mol. The van der Waals surface area contributed by atoms with Crippen LogP contribution in [0.25, 0.3) is 76.8 Å². The minimum Gasteiger partial charge on any atom is -0.309 e. The van der Waals surface area contributed by atoms with Gasteiger partial charge in [0.1, 0.15) is 0 Å². The highest BCUT2D eigenvalue weighted by Gasteiger charge is 2.47. The summed E-state index contributed by atoms with van der Waals surface area (Å²) < 4.78 is 0. The SMILES string of the molecule is c1ccc(C2(c3ccccc3)c3ccccc3-c3c(N(c4ccc(-c5cc6ccccc6c6ccccc56)cc4)c4ccccc4-c4cccc(-c5cccc6ccccc56)c4)cccc32)cc1. The molecule has 13 rings (SSSR count). The third kappa shape index (κ3) is 6.24. The second-order valence-electron chi connectivity index (χ2n) is 17.9. The van der Waals surface area contributed by atoms with Gasteiger partial charge >= 0.3 is 0 Å². The van der Waals surface area contributed by atoms with Crippen LogP contribution in [0.15, 0.2) is 273 Å². The van der Waals surface area contributed by atoms with E-state index >= 15 is 0 Å². The predicted octanol–water partition coefficient (Wildman–Crippen LogP) is 18.0. The van der Waals surface area contributed by atoms with Crippen LogP contribution in [0.1, 0.15) is 22.3 Å². The van der Waals surface area contributed by atoms with E-state index in [2.05, 4.69) is 278 Å². The van der Waals surface area contributed by atoms with Crippen molar-refractivity contribution in [3.05, 3.63) is 295 Å². The van der Waals surface area contributed by atoms with Crippen LogP contribution in [0.2, 0.25) is 0 Å². The van der Waals surface area contributed by atoms with Gasteiger partial charge in [-0.2, -0.15) is 0 Å². The summed E-state index contributed by atoms with van der Waals surface area (Å²) in [6.07, 6.45) is 0. The molecule has 12 aromatic rings. The molecule has 0 atom stereocenters. The standard InChI is InChI=1S/C67H45N/c1-3-25-51(26-4-1)67(52-27-5-2-6-28-52)62-36-15-13-34-60(62)66-63(67)37-19-39-65(66)68(53-42-40-47(41-43-53)61-45-50-21-8-10-30-56(50)58-32-11-12-33-59(58)61)64-38-16-14-31-57(64)49-24-17-23-48(44-49)55-35-18-22-46-20-7-9-29-54(46)55/h1-45H. The van der Waals surface area contributed by atoms with Crippen molar-refractivity contribution in [2.45, 2.75) is 5.41 Å². The first kappa shape index (κ1) is 39.6. The molecule has 68 heavy (non-hydrogen) atoms. The van der Waals surface area contributed by atoms with E-state index in [0.717, 1.165) is 28.2 Å². The minimum absolute atomic E-state index is 0.538. The van der Waals surface area contributed by atoms with Crippen molar-refractivity contribution >= 4 is 49.4 Å². The number of hydrogen-bond donors (Lipinski definition) is 0. The fourth-order valence-corrected chi connectivity index (χ4v) is 11.4. The summed E-state index contributed by atoms with van der Waals surface area (Å²) in [6, 6.07) is 101. The van der Waals surface area contributed by atoms with Crippen LogP contribution in [0.4, 0.5) is 17.1 Å². The number of hydrogen-bond acceptors (Lipinski definition) is 1. The third-order valence-electron chi connectivity index (χ3n) is 14.3. The molecule has 0 unspecified atom stereocenters. The van der Waals surface area contributed by atoms with E-state index in [1.165, 1.54) is 88.0 Å². The molecule has 1 heteroatoms. The summed E-state index contributed by atoms with van der Waals surface area (Å²) in [5, 5.41) is 7.52. The zero-order valence-corrected chi connectivity index (χ0v) is 37.4. The van der Waals surface area contributed by atoms with E-state index in [1.54, 1.807) is 0 Å². The van der Waals surface area contributed by atoms with Crippen molar-refractivity contribution in [1.29, 1.82) is 0 Å². The topological polar surface area (TPSA) is 3.24 Å². The van der Waals surface area contributed by atoms with Crippen LogP contribution < -0.4 is 4.90 Å². The molecule has 0 N–H and O–H groups in total. The molecule has 0 saturated carbocycles. The highest BCUT2D eigenvalue weighted by Crippen LogP contribution is 2.60. The van der Waals surface area contributed by atoms with Crippen LogP contribution in [-0.2, 0) is 5.41 Å². The van der Waals surface area contributed by atoms with E-state index < -0.39 is 5.41 Å². The fraction of sp³-hybridized carbons (Fsp3) is 0.0149.